The zero-order valence-electron chi connectivity index (χ0n) is 15.2. The first-order valence-electron chi connectivity index (χ1n) is 8.75. The standard InChI is InChI=1S/C16H33O6PS/c1-4-6-7-8-9-10-12-21-13-15(24-16(17)11-5-2)14-22-23(18,19)20-3/h15H,4-14H2,1-3H3,(H,18,19)/t15-/m0/s1. The second-order valence-corrected chi connectivity index (χ2v) is 8.57. The molecule has 0 amide bonds. The van der Waals surface area contributed by atoms with E-state index in [9.17, 15) is 14.3 Å². The number of phosphoric acid groups is 1. The van der Waals surface area contributed by atoms with Crippen LogP contribution in [0.15, 0.2) is 0 Å². The highest BCUT2D eigenvalue weighted by Crippen LogP contribution is 2.42. The number of thioether (sulfide) groups is 1. The van der Waals surface area contributed by atoms with E-state index in [4.69, 9.17) is 9.26 Å². The molecule has 0 aliphatic carbocycles. The second kappa shape index (κ2) is 15.4. The van der Waals surface area contributed by atoms with Crippen LogP contribution in [0, 0.1) is 0 Å². The number of carbonyl (C=O) groups excluding carboxylic acids is 1. The lowest BCUT2D eigenvalue weighted by Crippen LogP contribution is -2.21. The van der Waals surface area contributed by atoms with Crippen LogP contribution in [-0.4, -0.2) is 42.2 Å². The molecular formula is C16H33O6PS. The number of hydrogen-bond acceptors (Lipinski definition) is 6. The quantitative estimate of drug-likeness (QED) is 0.309. The fourth-order valence-electron chi connectivity index (χ4n) is 1.99. The molecule has 0 saturated heterocycles. The van der Waals surface area contributed by atoms with Crippen molar-refractivity contribution in [1.29, 1.82) is 0 Å². The minimum atomic E-state index is -4.03. The fraction of sp³-hybridized carbons (Fsp3) is 0.938. The molecule has 2 atom stereocenters. The highest BCUT2D eigenvalue weighted by molar-refractivity contribution is 8.14. The summed E-state index contributed by atoms with van der Waals surface area (Å²) in [6.45, 7) is 5.02. The molecule has 0 aromatic carbocycles. The van der Waals surface area contributed by atoms with Crippen LogP contribution in [0.1, 0.15) is 65.2 Å². The fourth-order valence-corrected chi connectivity index (χ4v) is 3.56. The molecule has 0 rings (SSSR count). The lowest BCUT2D eigenvalue weighted by Gasteiger charge is -2.17. The number of ether oxygens (including phenoxy) is 1. The van der Waals surface area contributed by atoms with Crippen molar-refractivity contribution in [2.24, 2.45) is 0 Å². The Bertz CT molecular complexity index is 366. The molecule has 6 nitrogen and oxygen atoms in total. The summed E-state index contributed by atoms with van der Waals surface area (Å²) in [5.41, 5.74) is 0. The lowest BCUT2D eigenvalue weighted by molar-refractivity contribution is -0.111. The molecule has 0 fully saturated rings. The van der Waals surface area contributed by atoms with Gasteiger partial charge in [-0.2, -0.15) is 0 Å². The van der Waals surface area contributed by atoms with Gasteiger partial charge >= 0.3 is 7.82 Å². The molecule has 8 heteroatoms. The summed E-state index contributed by atoms with van der Waals surface area (Å²) in [5.74, 6) is 0. The first kappa shape index (κ1) is 24.1. The molecule has 0 heterocycles. The average Bonchev–Trinajstić information content (AvgIpc) is 2.55. The van der Waals surface area contributed by atoms with Crippen LogP contribution in [0.3, 0.4) is 0 Å². The van der Waals surface area contributed by atoms with Gasteiger partial charge in [-0.15, -0.1) is 0 Å². The Morgan fingerprint density at radius 2 is 1.75 bits per heavy atom. The van der Waals surface area contributed by atoms with Gasteiger partial charge < -0.3 is 9.63 Å². The van der Waals surface area contributed by atoms with Crippen LogP contribution in [0.25, 0.3) is 0 Å². The molecule has 24 heavy (non-hydrogen) atoms. The van der Waals surface area contributed by atoms with Gasteiger partial charge in [0, 0.05) is 20.1 Å². The van der Waals surface area contributed by atoms with Gasteiger partial charge in [0.25, 0.3) is 0 Å². The molecule has 0 aromatic heterocycles. The monoisotopic (exact) mass is 384 g/mol. The van der Waals surface area contributed by atoms with Crippen LogP contribution in [0.5, 0.6) is 0 Å². The molecule has 144 valence electrons. The number of rotatable bonds is 16. The third kappa shape index (κ3) is 14.4. The highest BCUT2D eigenvalue weighted by Gasteiger charge is 2.23. The van der Waals surface area contributed by atoms with Crippen molar-refractivity contribution in [2.75, 3.05) is 26.9 Å². The summed E-state index contributed by atoms with van der Waals surface area (Å²) in [7, 11) is -2.92. The Morgan fingerprint density at radius 1 is 1.08 bits per heavy atom. The largest absolute Gasteiger partial charge is 0.471 e. The third-order valence-electron chi connectivity index (χ3n) is 3.35. The van der Waals surface area contributed by atoms with Gasteiger partial charge in [-0.3, -0.25) is 13.8 Å². The van der Waals surface area contributed by atoms with E-state index in [0.717, 1.165) is 38.1 Å². The summed E-state index contributed by atoms with van der Waals surface area (Å²) < 4.78 is 26.3. The van der Waals surface area contributed by atoms with Gasteiger partial charge in [0.2, 0.25) is 0 Å². The summed E-state index contributed by atoms with van der Waals surface area (Å²) in [5, 5.41) is -0.265. The van der Waals surface area contributed by atoms with Crippen LogP contribution in [0.2, 0.25) is 0 Å². The normalized spacial score (nSPS) is 15.2. The molecule has 0 spiro atoms. The number of unbranched alkanes of at least 4 members (excludes halogenated alkanes) is 5. The van der Waals surface area contributed by atoms with Crippen molar-refractivity contribution in [3.63, 3.8) is 0 Å². The minimum absolute atomic E-state index is 0.0412. The summed E-state index contributed by atoms with van der Waals surface area (Å²) in [6, 6.07) is 0. The van der Waals surface area contributed by atoms with Crippen molar-refractivity contribution >= 4 is 24.7 Å². The summed E-state index contributed by atoms with van der Waals surface area (Å²) in [6.07, 6.45) is 8.36. The third-order valence-corrected chi connectivity index (χ3v) is 5.36. The Labute approximate surface area is 150 Å². The average molecular weight is 384 g/mol. The van der Waals surface area contributed by atoms with Crippen molar-refractivity contribution in [1.82, 2.24) is 0 Å². The molecule has 0 aliphatic heterocycles. The number of carbonyl (C=O) groups is 1. The Balaban J connectivity index is 4.06. The van der Waals surface area contributed by atoms with E-state index in [2.05, 4.69) is 11.4 Å². The van der Waals surface area contributed by atoms with Crippen LogP contribution >= 0.6 is 19.6 Å². The smallest absolute Gasteiger partial charge is 0.380 e. The predicted molar refractivity (Wildman–Crippen MR) is 98.3 cm³/mol. The van der Waals surface area contributed by atoms with Gasteiger partial charge in [-0.25, -0.2) is 4.57 Å². The first-order chi connectivity index (χ1) is 11.4. The molecular weight excluding hydrogens is 351 g/mol. The van der Waals surface area contributed by atoms with E-state index in [1.165, 1.54) is 25.7 Å². The van der Waals surface area contributed by atoms with Crippen molar-refractivity contribution in [2.45, 2.75) is 70.5 Å². The maximum Gasteiger partial charge on any atom is 0.471 e. The van der Waals surface area contributed by atoms with E-state index in [-0.39, 0.29) is 17.0 Å². The van der Waals surface area contributed by atoms with Gasteiger partial charge in [0.05, 0.1) is 18.5 Å². The molecule has 0 aliphatic rings. The van der Waals surface area contributed by atoms with Crippen LogP contribution in [0.4, 0.5) is 0 Å². The number of phosphoric ester groups is 1. The van der Waals surface area contributed by atoms with E-state index < -0.39 is 7.82 Å². The highest BCUT2D eigenvalue weighted by atomic mass is 32.2. The molecule has 0 bridgehead atoms. The zero-order chi connectivity index (χ0) is 18.3. The Morgan fingerprint density at radius 3 is 2.38 bits per heavy atom. The van der Waals surface area contributed by atoms with Crippen molar-refractivity contribution < 1.29 is 28.0 Å². The minimum Gasteiger partial charge on any atom is -0.380 e. The molecule has 1 N–H and O–H groups in total. The van der Waals surface area contributed by atoms with Crippen molar-refractivity contribution in [3.8, 4) is 0 Å². The Hall–Kier alpha value is 0.0900. The van der Waals surface area contributed by atoms with Gasteiger partial charge in [-0.05, 0) is 12.8 Å². The van der Waals surface area contributed by atoms with E-state index in [1.54, 1.807) is 0 Å². The molecule has 0 radical (unpaired) electrons. The topological polar surface area (TPSA) is 82.1 Å². The van der Waals surface area contributed by atoms with E-state index in [1.807, 2.05) is 6.92 Å². The summed E-state index contributed by atoms with van der Waals surface area (Å²) >= 11 is 1.12. The molecule has 1 unspecified atom stereocenters. The molecule has 0 saturated carbocycles. The van der Waals surface area contributed by atoms with Gasteiger partial charge in [-0.1, -0.05) is 57.7 Å². The maximum atomic E-state index is 11.8. The molecule has 0 aromatic rings. The predicted octanol–water partition coefficient (Wildman–Crippen LogP) is 4.56. The second-order valence-electron chi connectivity index (χ2n) is 5.65. The van der Waals surface area contributed by atoms with E-state index in [0.29, 0.717) is 19.6 Å². The SMILES string of the molecule is CCCCCCCCOC[C@@H](COP(=O)(O)OC)SC(=O)CCC. The number of hydrogen-bond donors (Lipinski definition) is 1. The zero-order valence-corrected chi connectivity index (χ0v) is 16.9. The van der Waals surface area contributed by atoms with E-state index >= 15 is 0 Å². The van der Waals surface area contributed by atoms with Gasteiger partial charge in [0.1, 0.15) is 0 Å². The van der Waals surface area contributed by atoms with Crippen LogP contribution < -0.4 is 0 Å². The van der Waals surface area contributed by atoms with Crippen LogP contribution in [-0.2, 0) is 23.1 Å². The lowest BCUT2D eigenvalue weighted by atomic mass is 10.1. The first-order valence-corrected chi connectivity index (χ1v) is 11.1. The van der Waals surface area contributed by atoms with Gasteiger partial charge in [0.15, 0.2) is 5.12 Å². The Kier molecular flexibility index (Phi) is 15.4. The summed E-state index contributed by atoms with van der Waals surface area (Å²) in [4.78, 5) is 21.1. The maximum absolute atomic E-state index is 11.8. The van der Waals surface area contributed by atoms with Crippen molar-refractivity contribution in [3.05, 3.63) is 0 Å².